The van der Waals surface area contributed by atoms with Crippen molar-refractivity contribution < 1.29 is 13.7 Å². The summed E-state index contributed by atoms with van der Waals surface area (Å²) in [6.07, 6.45) is 0. The summed E-state index contributed by atoms with van der Waals surface area (Å²) in [6, 6.07) is 12.2. The third-order valence-electron chi connectivity index (χ3n) is 3.33. The first-order valence-electron chi connectivity index (χ1n) is 7.03. The van der Waals surface area contributed by atoms with Crippen molar-refractivity contribution in [2.24, 2.45) is 0 Å². The van der Waals surface area contributed by atoms with Gasteiger partial charge in [0.05, 0.1) is 4.92 Å². The van der Waals surface area contributed by atoms with E-state index < -0.39 is 4.92 Å². The van der Waals surface area contributed by atoms with Gasteiger partial charge in [0.25, 0.3) is 10.9 Å². The van der Waals surface area contributed by atoms with Crippen molar-refractivity contribution >= 4 is 17.4 Å². The number of non-ortho nitro benzene ring substituents is 1. The van der Waals surface area contributed by atoms with E-state index in [2.05, 4.69) is 10.2 Å². The minimum atomic E-state index is -0.430. The van der Waals surface area contributed by atoms with Crippen LogP contribution in [-0.4, -0.2) is 15.1 Å². The Morgan fingerprint density at radius 2 is 1.96 bits per heavy atom. The molecule has 0 aliphatic heterocycles. The molecular formula is C16H12FN3O3S. The zero-order valence-corrected chi connectivity index (χ0v) is 13.4. The molecule has 122 valence electrons. The smallest absolute Gasteiger partial charge is 0.277 e. The average molecular weight is 345 g/mol. The van der Waals surface area contributed by atoms with Crippen molar-refractivity contribution in [1.82, 2.24) is 10.2 Å². The van der Waals surface area contributed by atoms with Crippen molar-refractivity contribution in [2.45, 2.75) is 17.4 Å². The second-order valence-corrected chi connectivity index (χ2v) is 6.28. The normalized spacial score (nSPS) is 12.1. The molecule has 2 aromatic carbocycles. The number of benzene rings is 2. The summed E-state index contributed by atoms with van der Waals surface area (Å²) in [5.41, 5.74) is 1.45. The summed E-state index contributed by atoms with van der Waals surface area (Å²) < 4.78 is 18.5. The Hall–Kier alpha value is -2.74. The molecule has 6 nitrogen and oxygen atoms in total. The van der Waals surface area contributed by atoms with E-state index in [1.54, 1.807) is 18.2 Å². The first kappa shape index (κ1) is 16.1. The van der Waals surface area contributed by atoms with Crippen molar-refractivity contribution in [3.05, 3.63) is 70.0 Å². The van der Waals surface area contributed by atoms with E-state index in [0.717, 1.165) is 5.56 Å². The molecule has 0 bridgehead atoms. The van der Waals surface area contributed by atoms with Gasteiger partial charge in [-0.2, -0.15) is 0 Å². The Labute approximate surface area is 140 Å². The number of halogens is 1. The van der Waals surface area contributed by atoms with Crippen LogP contribution < -0.4 is 0 Å². The van der Waals surface area contributed by atoms with Crippen molar-refractivity contribution in [2.75, 3.05) is 0 Å². The van der Waals surface area contributed by atoms with Gasteiger partial charge in [-0.3, -0.25) is 10.1 Å². The van der Waals surface area contributed by atoms with Gasteiger partial charge in [-0.05, 0) is 36.8 Å². The maximum Gasteiger partial charge on any atom is 0.277 e. The quantitative estimate of drug-likeness (QED) is 0.381. The van der Waals surface area contributed by atoms with Gasteiger partial charge in [0.2, 0.25) is 5.89 Å². The van der Waals surface area contributed by atoms with Crippen LogP contribution in [0.4, 0.5) is 10.1 Å². The molecule has 0 aliphatic carbocycles. The number of nitrogens with zero attached hydrogens (tertiary/aromatic N) is 3. The van der Waals surface area contributed by atoms with Crippen molar-refractivity contribution in [1.29, 1.82) is 0 Å². The van der Waals surface area contributed by atoms with Crippen LogP contribution in [0.15, 0.2) is 58.2 Å². The third-order valence-corrected chi connectivity index (χ3v) is 4.32. The number of rotatable bonds is 5. The summed E-state index contributed by atoms with van der Waals surface area (Å²) in [5.74, 6) is -0.0455. The van der Waals surface area contributed by atoms with E-state index in [-0.39, 0.29) is 16.8 Å². The summed E-state index contributed by atoms with van der Waals surface area (Å²) in [5, 5.41) is 19.0. The Morgan fingerprint density at radius 1 is 1.21 bits per heavy atom. The highest BCUT2D eigenvalue weighted by Gasteiger charge is 2.16. The molecule has 0 aliphatic rings. The molecule has 0 saturated carbocycles. The van der Waals surface area contributed by atoms with Crippen LogP contribution in [0.3, 0.4) is 0 Å². The Bertz CT molecular complexity index is 867. The van der Waals surface area contributed by atoms with Crippen LogP contribution in [0, 0.1) is 15.9 Å². The van der Waals surface area contributed by atoms with Crippen LogP contribution in [0.5, 0.6) is 0 Å². The molecule has 1 atom stereocenters. The van der Waals surface area contributed by atoms with Gasteiger partial charge >= 0.3 is 0 Å². The highest BCUT2D eigenvalue weighted by molar-refractivity contribution is 7.99. The number of nitro groups is 1. The van der Waals surface area contributed by atoms with Crippen LogP contribution in [0.2, 0.25) is 0 Å². The Kier molecular flexibility index (Phi) is 4.57. The molecule has 0 N–H and O–H groups in total. The highest BCUT2D eigenvalue weighted by atomic mass is 32.2. The fourth-order valence-corrected chi connectivity index (χ4v) is 2.88. The summed E-state index contributed by atoms with van der Waals surface area (Å²) in [4.78, 5) is 10.4. The van der Waals surface area contributed by atoms with Gasteiger partial charge in [-0.1, -0.05) is 23.9 Å². The maximum absolute atomic E-state index is 12.9. The first-order chi connectivity index (χ1) is 11.5. The number of hydrogen-bond acceptors (Lipinski definition) is 6. The summed E-state index contributed by atoms with van der Waals surface area (Å²) >= 11 is 1.30. The van der Waals surface area contributed by atoms with Crippen LogP contribution in [-0.2, 0) is 0 Å². The molecular weight excluding hydrogens is 333 g/mol. The zero-order chi connectivity index (χ0) is 17.1. The van der Waals surface area contributed by atoms with E-state index in [0.29, 0.717) is 16.7 Å². The van der Waals surface area contributed by atoms with Crippen LogP contribution >= 0.6 is 11.8 Å². The molecule has 24 heavy (non-hydrogen) atoms. The third kappa shape index (κ3) is 3.60. The lowest BCUT2D eigenvalue weighted by atomic mass is 10.1. The van der Waals surface area contributed by atoms with Crippen molar-refractivity contribution in [3.8, 4) is 11.5 Å². The predicted octanol–water partition coefficient (Wildman–Crippen LogP) is 4.64. The number of aromatic nitrogens is 2. The molecule has 0 radical (unpaired) electrons. The second-order valence-electron chi connectivity index (χ2n) is 4.99. The number of nitro benzene ring substituents is 1. The maximum atomic E-state index is 12.9. The predicted molar refractivity (Wildman–Crippen MR) is 87.1 cm³/mol. The molecule has 3 rings (SSSR count). The molecule has 0 amide bonds. The largest absolute Gasteiger partial charge is 0.411 e. The SMILES string of the molecule is CC(Sc1nnc(-c2ccc(F)cc2)o1)c1cccc([N+](=O)[O-])c1. The van der Waals surface area contributed by atoms with Gasteiger partial charge in [0.1, 0.15) is 5.82 Å². The molecule has 3 aromatic rings. The van der Waals surface area contributed by atoms with E-state index in [4.69, 9.17) is 4.42 Å². The minimum absolute atomic E-state index is 0.0393. The molecule has 0 spiro atoms. The highest BCUT2D eigenvalue weighted by Crippen LogP contribution is 2.36. The minimum Gasteiger partial charge on any atom is -0.411 e. The van der Waals surface area contributed by atoms with E-state index in [1.165, 1.54) is 36.0 Å². The van der Waals surface area contributed by atoms with Gasteiger partial charge in [-0.25, -0.2) is 4.39 Å². The van der Waals surface area contributed by atoms with Crippen molar-refractivity contribution in [3.63, 3.8) is 0 Å². The molecule has 8 heteroatoms. The lowest BCUT2D eigenvalue weighted by Gasteiger charge is -2.08. The molecule has 1 heterocycles. The number of thioether (sulfide) groups is 1. The number of hydrogen-bond donors (Lipinski definition) is 0. The van der Waals surface area contributed by atoms with Crippen LogP contribution in [0.25, 0.3) is 11.5 Å². The van der Waals surface area contributed by atoms with Gasteiger partial charge in [0, 0.05) is 22.9 Å². The van der Waals surface area contributed by atoms with Gasteiger partial charge in [-0.15, -0.1) is 10.2 Å². The monoisotopic (exact) mass is 345 g/mol. The summed E-state index contributed by atoms with van der Waals surface area (Å²) in [6.45, 7) is 1.89. The lowest BCUT2D eigenvalue weighted by Crippen LogP contribution is -1.92. The van der Waals surface area contributed by atoms with E-state index in [1.807, 2.05) is 13.0 Å². The molecule has 0 saturated heterocycles. The summed E-state index contributed by atoms with van der Waals surface area (Å²) in [7, 11) is 0. The Balaban J connectivity index is 1.75. The fraction of sp³-hybridized carbons (Fsp3) is 0.125. The van der Waals surface area contributed by atoms with Gasteiger partial charge < -0.3 is 4.42 Å². The topological polar surface area (TPSA) is 82.1 Å². The zero-order valence-electron chi connectivity index (χ0n) is 12.5. The molecule has 1 aromatic heterocycles. The van der Waals surface area contributed by atoms with E-state index >= 15 is 0 Å². The molecule has 0 fully saturated rings. The fourth-order valence-electron chi connectivity index (χ4n) is 2.08. The average Bonchev–Trinajstić information content (AvgIpc) is 3.04. The first-order valence-corrected chi connectivity index (χ1v) is 7.91. The lowest BCUT2D eigenvalue weighted by molar-refractivity contribution is -0.384. The second kappa shape index (κ2) is 6.79. The van der Waals surface area contributed by atoms with Gasteiger partial charge in [0.15, 0.2) is 0 Å². The van der Waals surface area contributed by atoms with E-state index in [9.17, 15) is 14.5 Å². The Morgan fingerprint density at radius 3 is 2.67 bits per heavy atom. The molecule has 1 unspecified atom stereocenters. The van der Waals surface area contributed by atoms with Crippen LogP contribution in [0.1, 0.15) is 17.7 Å². The standard InChI is InChI=1S/C16H12FN3O3S/c1-10(12-3-2-4-14(9-12)20(21)22)24-16-19-18-15(23-16)11-5-7-13(17)8-6-11/h2-10H,1H3.